The minimum atomic E-state index is 0.161. The fraction of sp³-hybridized carbons (Fsp3) is 0.0625. The highest BCUT2D eigenvalue weighted by Crippen LogP contribution is 2.27. The Morgan fingerprint density at radius 2 is 1.72 bits per heavy atom. The highest BCUT2D eigenvalue weighted by atomic mass is 79.9. The van der Waals surface area contributed by atoms with Crippen molar-refractivity contribution in [3.63, 3.8) is 0 Å². The van der Waals surface area contributed by atoms with Crippen LogP contribution in [0.3, 0.4) is 0 Å². The van der Waals surface area contributed by atoms with Gasteiger partial charge in [0.1, 0.15) is 0 Å². The average Bonchev–Trinajstić information content (AvgIpc) is 2.70. The van der Waals surface area contributed by atoms with E-state index in [2.05, 4.69) is 15.9 Å². The molecule has 0 aromatic heterocycles. The molecule has 3 rings (SSSR count). The number of allylic oxidation sites excluding steroid dienone is 1. The molecular formula is C16H11BrO. The largest absolute Gasteiger partial charge is 0.289 e. The summed E-state index contributed by atoms with van der Waals surface area (Å²) in [4.78, 5) is 12.2. The third-order valence-electron chi connectivity index (χ3n) is 3.15. The lowest BCUT2D eigenvalue weighted by atomic mass is 10.1. The van der Waals surface area contributed by atoms with Crippen molar-refractivity contribution in [3.8, 4) is 0 Å². The van der Waals surface area contributed by atoms with Crippen LogP contribution in [0.2, 0.25) is 0 Å². The van der Waals surface area contributed by atoms with E-state index in [9.17, 15) is 4.79 Å². The summed E-state index contributed by atoms with van der Waals surface area (Å²) in [5, 5.41) is 0. The number of fused-ring (bicyclic) bond motifs is 1. The Kier molecular flexibility index (Phi) is 2.88. The molecule has 0 unspecified atom stereocenters. The first-order chi connectivity index (χ1) is 8.74. The molecule has 0 N–H and O–H groups in total. The van der Waals surface area contributed by atoms with Crippen molar-refractivity contribution in [1.29, 1.82) is 0 Å². The van der Waals surface area contributed by atoms with Crippen molar-refractivity contribution in [2.75, 3.05) is 0 Å². The second-order valence-electron chi connectivity index (χ2n) is 4.38. The number of carbonyl (C=O) groups excluding carboxylic acids is 1. The zero-order valence-electron chi connectivity index (χ0n) is 9.69. The molecule has 0 atom stereocenters. The van der Waals surface area contributed by atoms with Gasteiger partial charge in [0.25, 0.3) is 0 Å². The van der Waals surface area contributed by atoms with Gasteiger partial charge in [-0.1, -0.05) is 52.3 Å². The fourth-order valence-corrected chi connectivity index (χ4v) is 2.50. The predicted octanol–water partition coefficient (Wildman–Crippen LogP) is 4.27. The molecule has 0 radical (unpaired) electrons. The Bertz CT molecular complexity index is 638. The van der Waals surface area contributed by atoms with Gasteiger partial charge in [-0.2, -0.15) is 0 Å². The zero-order valence-corrected chi connectivity index (χ0v) is 11.3. The predicted molar refractivity (Wildman–Crippen MR) is 76.6 cm³/mol. The number of carbonyl (C=O) groups is 1. The number of Topliss-reactive ketones (excluding diaryl/α,β-unsaturated/α-hetero) is 1. The van der Waals surface area contributed by atoms with Crippen molar-refractivity contribution in [2.24, 2.45) is 0 Å². The molecule has 1 aliphatic carbocycles. The number of hydrogen-bond acceptors (Lipinski definition) is 1. The summed E-state index contributed by atoms with van der Waals surface area (Å²) in [7, 11) is 0. The van der Waals surface area contributed by atoms with Crippen LogP contribution in [0.4, 0.5) is 0 Å². The molecule has 1 nitrogen and oxygen atoms in total. The molecule has 18 heavy (non-hydrogen) atoms. The lowest BCUT2D eigenvalue weighted by molar-refractivity contribution is 0.104. The second-order valence-corrected chi connectivity index (χ2v) is 5.30. The second kappa shape index (κ2) is 4.54. The fourth-order valence-electron chi connectivity index (χ4n) is 2.23. The summed E-state index contributed by atoms with van der Waals surface area (Å²) < 4.78 is 1.05. The van der Waals surface area contributed by atoms with Crippen LogP contribution in [-0.4, -0.2) is 5.78 Å². The number of hydrogen-bond donors (Lipinski definition) is 0. The van der Waals surface area contributed by atoms with E-state index in [1.54, 1.807) is 0 Å². The Morgan fingerprint density at radius 3 is 2.44 bits per heavy atom. The number of rotatable bonds is 1. The summed E-state index contributed by atoms with van der Waals surface area (Å²) in [6.45, 7) is 0. The van der Waals surface area contributed by atoms with Gasteiger partial charge in [0, 0.05) is 22.0 Å². The average molecular weight is 299 g/mol. The van der Waals surface area contributed by atoms with Crippen LogP contribution < -0.4 is 0 Å². The van der Waals surface area contributed by atoms with E-state index in [1.807, 2.05) is 54.6 Å². The van der Waals surface area contributed by atoms with E-state index in [1.165, 1.54) is 0 Å². The quantitative estimate of drug-likeness (QED) is 0.719. The zero-order chi connectivity index (χ0) is 12.5. The normalized spacial score (nSPS) is 16.1. The van der Waals surface area contributed by atoms with Gasteiger partial charge in [0.2, 0.25) is 0 Å². The smallest absolute Gasteiger partial charge is 0.189 e. The van der Waals surface area contributed by atoms with Crippen LogP contribution in [0.25, 0.3) is 6.08 Å². The summed E-state index contributed by atoms with van der Waals surface area (Å²) in [6, 6.07) is 15.8. The van der Waals surface area contributed by atoms with Crippen molar-refractivity contribution < 1.29 is 4.79 Å². The van der Waals surface area contributed by atoms with Gasteiger partial charge in [0.15, 0.2) is 5.78 Å². The van der Waals surface area contributed by atoms with Crippen molar-refractivity contribution in [2.45, 2.75) is 6.42 Å². The molecular weight excluding hydrogens is 288 g/mol. The van der Waals surface area contributed by atoms with E-state index in [4.69, 9.17) is 0 Å². The van der Waals surface area contributed by atoms with Gasteiger partial charge in [0.05, 0.1) is 0 Å². The van der Waals surface area contributed by atoms with Gasteiger partial charge in [-0.15, -0.1) is 0 Å². The maximum atomic E-state index is 12.2. The standard InChI is InChI=1S/C16H11BrO/c17-14-7-5-11(6-8-14)9-13-10-12-3-1-2-4-15(12)16(13)18/h1-9H,10H2/b13-9+. The molecule has 0 spiro atoms. The Hall–Kier alpha value is -1.67. The molecule has 0 bridgehead atoms. The van der Waals surface area contributed by atoms with Crippen LogP contribution >= 0.6 is 15.9 Å². The first kappa shape index (κ1) is 11.4. The minimum Gasteiger partial charge on any atom is -0.289 e. The summed E-state index contributed by atoms with van der Waals surface area (Å²) in [5.74, 6) is 0.161. The highest BCUT2D eigenvalue weighted by Gasteiger charge is 2.23. The highest BCUT2D eigenvalue weighted by molar-refractivity contribution is 9.10. The minimum absolute atomic E-state index is 0.161. The van der Waals surface area contributed by atoms with Crippen molar-refractivity contribution in [1.82, 2.24) is 0 Å². The lowest BCUT2D eigenvalue weighted by Gasteiger charge is -1.97. The van der Waals surface area contributed by atoms with Crippen molar-refractivity contribution >= 4 is 27.8 Å². The number of benzene rings is 2. The molecule has 1 aliphatic rings. The SMILES string of the molecule is O=C1/C(=C/c2ccc(Br)cc2)Cc2ccccc21. The molecule has 0 fully saturated rings. The Morgan fingerprint density at radius 1 is 1.00 bits per heavy atom. The molecule has 0 amide bonds. The van der Waals surface area contributed by atoms with Gasteiger partial charge in [-0.25, -0.2) is 0 Å². The maximum absolute atomic E-state index is 12.2. The van der Waals surface area contributed by atoms with Crippen LogP contribution in [0.15, 0.2) is 58.6 Å². The van der Waals surface area contributed by atoms with E-state index in [0.717, 1.165) is 33.2 Å². The van der Waals surface area contributed by atoms with Crippen LogP contribution in [-0.2, 0) is 6.42 Å². The van der Waals surface area contributed by atoms with E-state index >= 15 is 0 Å². The van der Waals surface area contributed by atoms with Crippen molar-refractivity contribution in [3.05, 3.63) is 75.3 Å². The van der Waals surface area contributed by atoms with E-state index < -0.39 is 0 Å². The van der Waals surface area contributed by atoms with Crippen LogP contribution in [0, 0.1) is 0 Å². The van der Waals surface area contributed by atoms with E-state index in [0.29, 0.717) is 0 Å². The van der Waals surface area contributed by atoms with Gasteiger partial charge in [-0.05, 0) is 29.3 Å². The molecule has 0 heterocycles. The maximum Gasteiger partial charge on any atom is 0.189 e. The first-order valence-electron chi connectivity index (χ1n) is 5.83. The van der Waals surface area contributed by atoms with Gasteiger partial charge in [-0.3, -0.25) is 4.79 Å². The lowest BCUT2D eigenvalue weighted by Crippen LogP contribution is -1.94. The molecule has 88 valence electrons. The third-order valence-corrected chi connectivity index (χ3v) is 3.67. The molecule has 0 aliphatic heterocycles. The third kappa shape index (κ3) is 2.04. The summed E-state index contributed by atoms with van der Waals surface area (Å²) in [6.07, 6.45) is 2.72. The number of halogens is 1. The van der Waals surface area contributed by atoms with Gasteiger partial charge < -0.3 is 0 Å². The van der Waals surface area contributed by atoms with Crippen LogP contribution in [0.1, 0.15) is 21.5 Å². The molecule has 2 aromatic rings. The molecule has 2 heteroatoms. The molecule has 2 aromatic carbocycles. The summed E-state index contributed by atoms with van der Waals surface area (Å²) >= 11 is 3.41. The summed E-state index contributed by atoms with van der Waals surface area (Å²) in [5.41, 5.74) is 3.92. The molecule has 0 saturated carbocycles. The number of ketones is 1. The van der Waals surface area contributed by atoms with Crippen LogP contribution in [0.5, 0.6) is 0 Å². The monoisotopic (exact) mass is 298 g/mol. The molecule has 0 saturated heterocycles. The van der Waals surface area contributed by atoms with Gasteiger partial charge >= 0.3 is 0 Å². The topological polar surface area (TPSA) is 17.1 Å². The first-order valence-corrected chi connectivity index (χ1v) is 6.62. The Labute approximate surface area is 114 Å². The van der Waals surface area contributed by atoms with E-state index in [-0.39, 0.29) is 5.78 Å². The Balaban J connectivity index is 1.97.